The predicted octanol–water partition coefficient (Wildman–Crippen LogP) is 3.09. The number of Topliss-reactive ketones (excluding diaryl/α,β-unsaturated/α-hetero) is 1. The fourth-order valence-corrected chi connectivity index (χ4v) is 2.44. The maximum absolute atomic E-state index is 12.2. The van der Waals surface area contributed by atoms with E-state index >= 15 is 0 Å². The van der Waals surface area contributed by atoms with Crippen LogP contribution in [-0.2, 0) is 10.2 Å². The van der Waals surface area contributed by atoms with E-state index in [-0.39, 0.29) is 5.41 Å². The van der Waals surface area contributed by atoms with Gasteiger partial charge in [-0.15, -0.1) is 12.3 Å². The highest BCUT2D eigenvalue weighted by molar-refractivity contribution is 5.91. The molecule has 1 aromatic rings. The molecule has 0 spiro atoms. The van der Waals surface area contributed by atoms with Crippen molar-refractivity contribution in [2.45, 2.75) is 37.5 Å². The number of carbonyl (C=O) groups excluding carboxylic acids is 1. The van der Waals surface area contributed by atoms with Crippen LogP contribution in [0.2, 0.25) is 0 Å². The van der Waals surface area contributed by atoms with E-state index in [1.165, 1.54) is 5.56 Å². The van der Waals surface area contributed by atoms with E-state index in [2.05, 4.69) is 18.1 Å². The minimum absolute atomic E-state index is 0.210. The van der Waals surface area contributed by atoms with Gasteiger partial charge in [0, 0.05) is 12.8 Å². The largest absolute Gasteiger partial charge is 0.299 e. The third-order valence-electron chi connectivity index (χ3n) is 3.56. The number of ketones is 1. The van der Waals surface area contributed by atoms with Gasteiger partial charge in [0.15, 0.2) is 0 Å². The summed E-state index contributed by atoms with van der Waals surface area (Å²) in [5, 5.41) is 0. The fraction of sp³-hybridized carbons (Fsp3) is 0.400. The van der Waals surface area contributed by atoms with Crippen molar-refractivity contribution in [1.82, 2.24) is 0 Å². The van der Waals surface area contributed by atoms with Crippen molar-refractivity contribution in [2.24, 2.45) is 0 Å². The first-order chi connectivity index (χ1) is 7.79. The Hall–Kier alpha value is -1.55. The van der Waals surface area contributed by atoms with Gasteiger partial charge in [0.25, 0.3) is 0 Å². The molecule has 2 rings (SSSR count). The highest BCUT2D eigenvalue weighted by Crippen LogP contribution is 2.45. The van der Waals surface area contributed by atoms with Crippen molar-refractivity contribution in [3.05, 3.63) is 35.9 Å². The molecule has 1 heteroatoms. The Kier molecular flexibility index (Phi) is 3.10. The number of hydrogen-bond donors (Lipinski definition) is 0. The third kappa shape index (κ3) is 1.76. The molecular weight excluding hydrogens is 196 g/mol. The van der Waals surface area contributed by atoms with E-state index in [0.717, 1.165) is 19.3 Å². The van der Waals surface area contributed by atoms with E-state index in [4.69, 9.17) is 6.42 Å². The van der Waals surface area contributed by atoms with Gasteiger partial charge in [0.2, 0.25) is 0 Å². The minimum atomic E-state index is -0.210. The second-order valence-corrected chi connectivity index (χ2v) is 4.43. The molecule has 0 N–H and O–H groups in total. The Balaban J connectivity index is 2.21. The lowest BCUT2D eigenvalue weighted by Crippen LogP contribution is -2.42. The zero-order chi connectivity index (χ0) is 11.4. The average molecular weight is 212 g/mol. The van der Waals surface area contributed by atoms with Gasteiger partial charge in [-0.05, 0) is 18.4 Å². The Morgan fingerprint density at radius 2 is 2.00 bits per heavy atom. The summed E-state index contributed by atoms with van der Waals surface area (Å²) in [5.74, 6) is 2.87. The minimum Gasteiger partial charge on any atom is -0.299 e. The first-order valence-corrected chi connectivity index (χ1v) is 5.82. The van der Waals surface area contributed by atoms with E-state index in [1.807, 2.05) is 18.2 Å². The molecule has 82 valence electrons. The topological polar surface area (TPSA) is 17.1 Å². The standard InChI is InChI=1S/C15H16O/c1-2-3-10-14(16)15(11-7-12-15)13-8-5-4-6-9-13/h1,4-6,8-9H,3,7,10-12H2. The number of carbonyl (C=O) groups is 1. The molecule has 0 saturated heterocycles. The van der Waals surface area contributed by atoms with Gasteiger partial charge < -0.3 is 0 Å². The van der Waals surface area contributed by atoms with Crippen LogP contribution < -0.4 is 0 Å². The SMILES string of the molecule is C#CCCC(=O)C1(c2ccccc2)CCC1. The third-order valence-corrected chi connectivity index (χ3v) is 3.56. The molecular formula is C15H16O. The first-order valence-electron chi connectivity index (χ1n) is 5.82. The molecule has 0 amide bonds. The zero-order valence-corrected chi connectivity index (χ0v) is 9.41. The molecule has 1 aliphatic rings. The summed E-state index contributed by atoms with van der Waals surface area (Å²) in [6.07, 6.45) is 9.42. The molecule has 0 atom stereocenters. The van der Waals surface area contributed by atoms with Crippen molar-refractivity contribution in [3.63, 3.8) is 0 Å². The van der Waals surface area contributed by atoms with Crippen molar-refractivity contribution < 1.29 is 4.79 Å². The van der Waals surface area contributed by atoms with E-state index in [9.17, 15) is 4.79 Å². The highest BCUT2D eigenvalue weighted by atomic mass is 16.1. The van der Waals surface area contributed by atoms with E-state index in [1.54, 1.807) is 0 Å². The van der Waals surface area contributed by atoms with Crippen LogP contribution in [0, 0.1) is 12.3 Å². The lowest BCUT2D eigenvalue weighted by atomic mass is 9.61. The molecule has 1 aromatic carbocycles. The van der Waals surface area contributed by atoms with E-state index < -0.39 is 0 Å². The maximum Gasteiger partial charge on any atom is 0.144 e. The second-order valence-electron chi connectivity index (χ2n) is 4.43. The van der Waals surface area contributed by atoms with Gasteiger partial charge in [-0.1, -0.05) is 36.8 Å². The molecule has 0 heterocycles. The zero-order valence-electron chi connectivity index (χ0n) is 9.41. The molecule has 0 bridgehead atoms. The molecule has 1 saturated carbocycles. The first kappa shape index (κ1) is 11.0. The van der Waals surface area contributed by atoms with Crippen molar-refractivity contribution in [1.29, 1.82) is 0 Å². The molecule has 1 nitrogen and oxygen atoms in total. The molecule has 1 fully saturated rings. The van der Waals surface area contributed by atoms with Gasteiger partial charge in [-0.3, -0.25) is 4.79 Å². The quantitative estimate of drug-likeness (QED) is 0.701. The van der Waals surface area contributed by atoms with E-state index in [0.29, 0.717) is 18.6 Å². The molecule has 16 heavy (non-hydrogen) atoms. The maximum atomic E-state index is 12.2. The molecule has 1 aliphatic carbocycles. The van der Waals surface area contributed by atoms with Crippen LogP contribution in [0.3, 0.4) is 0 Å². The number of terminal acetylenes is 1. The lowest BCUT2D eigenvalue weighted by Gasteiger charge is -2.41. The summed E-state index contributed by atoms with van der Waals surface area (Å²) < 4.78 is 0. The Labute approximate surface area is 96.9 Å². The summed E-state index contributed by atoms with van der Waals surface area (Å²) in [6, 6.07) is 10.1. The van der Waals surface area contributed by atoms with Gasteiger partial charge in [-0.2, -0.15) is 0 Å². The second kappa shape index (κ2) is 4.53. The summed E-state index contributed by atoms with van der Waals surface area (Å²) in [5.41, 5.74) is 0.959. The van der Waals surface area contributed by atoms with Crippen LogP contribution in [0.25, 0.3) is 0 Å². The summed E-state index contributed by atoms with van der Waals surface area (Å²) in [6.45, 7) is 0. The van der Waals surface area contributed by atoms with Gasteiger partial charge in [0.05, 0.1) is 5.41 Å². The van der Waals surface area contributed by atoms with Crippen LogP contribution >= 0.6 is 0 Å². The van der Waals surface area contributed by atoms with Gasteiger partial charge >= 0.3 is 0 Å². The van der Waals surface area contributed by atoms with Crippen molar-refractivity contribution >= 4 is 5.78 Å². The molecule has 0 aliphatic heterocycles. The molecule has 0 aromatic heterocycles. The molecule has 0 unspecified atom stereocenters. The normalized spacial score (nSPS) is 17.2. The van der Waals surface area contributed by atoms with Crippen LogP contribution in [0.15, 0.2) is 30.3 Å². The monoisotopic (exact) mass is 212 g/mol. The summed E-state index contributed by atoms with van der Waals surface area (Å²) in [4.78, 5) is 12.2. The predicted molar refractivity (Wildman–Crippen MR) is 65.0 cm³/mol. The van der Waals surface area contributed by atoms with Crippen LogP contribution in [-0.4, -0.2) is 5.78 Å². The number of benzene rings is 1. The summed E-state index contributed by atoms with van der Waals surface area (Å²) in [7, 11) is 0. The number of rotatable bonds is 4. The van der Waals surface area contributed by atoms with Crippen molar-refractivity contribution in [3.8, 4) is 12.3 Å². The van der Waals surface area contributed by atoms with Crippen LogP contribution in [0.5, 0.6) is 0 Å². The molecule has 0 radical (unpaired) electrons. The number of hydrogen-bond acceptors (Lipinski definition) is 1. The Morgan fingerprint density at radius 1 is 1.31 bits per heavy atom. The fourth-order valence-electron chi connectivity index (χ4n) is 2.44. The van der Waals surface area contributed by atoms with Crippen molar-refractivity contribution in [2.75, 3.05) is 0 Å². The smallest absolute Gasteiger partial charge is 0.144 e. The van der Waals surface area contributed by atoms with Gasteiger partial charge in [-0.25, -0.2) is 0 Å². The van der Waals surface area contributed by atoms with Crippen LogP contribution in [0.1, 0.15) is 37.7 Å². The summed E-state index contributed by atoms with van der Waals surface area (Å²) >= 11 is 0. The lowest BCUT2D eigenvalue weighted by molar-refractivity contribution is -0.127. The average Bonchev–Trinajstić information content (AvgIpc) is 2.26. The highest BCUT2D eigenvalue weighted by Gasteiger charge is 2.44. The van der Waals surface area contributed by atoms with Crippen LogP contribution in [0.4, 0.5) is 0 Å². The Morgan fingerprint density at radius 3 is 2.50 bits per heavy atom. The Bertz CT molecular complexity index is 407. The van der Waals surface area contributed by atoms with Gasteiger partial charge in [0.1, 0.15) is 5.78 Å².